The van der Waals surface area contributed by atoms with Gasteiger partial charge in [-0.2, -0.15) is 0 Å². The molecule has 17 heavy (non-hydrogen) atoms. The quantitative estimate of drug-likeness (QED) is 0.663. The lowest BCUT2D eigenvalue weighted by Gasteiger charge is -2.41. The number of rotatable bonds is 4. The van der Waals surface area contributed by atoms with Crippen LogP contribution in [0.2, 0.25) is 5.02 Å². The van der Waals surface area contributed by atoms with Gasteiger partial charge in [0.2, 0.25) is 0 Å². The van der Waals surface area contributed by atoms with Crippen molar-refractivity contribution in [1.29, 1.82) is 0 Å². The molecular weight excluding hydrogens is 240 g/mol. The summed E-state index contributed by atoms with van der Waals surface area (Å²) < 4.78 is 0. The summed E-state index contributed by atoms with van der Waals surface area (Å²) in [6.07, 6.45) is 3.91. The Morgan fingerprint density at radius 1 is 1.47 bits per heavy atom. The van der Waals surface area contributed by atoms with Gasteiger partial charge >= 0.3 is 0 Å². The van der Waals surface area contributed by atoms with Gasteiger partial charge in [-0.3, -0.25) is 10.1 Å². The molecule has 1 fully saturated rings. The van der Waals surface area contributed by atoms with Gasteiger partial charge < -0.3 is 5.73 Å². The molecule has 0 unspecified atom stereocenters. The summed E-state index contributed by atoms with van der Waals surface area (Å²) >= 11 is 5.90. The fraction of sp³-hybridized carbons (Fsp3) is 0.500. The van der Waals surface area contributed by atoms with Crippen molar-refractivity contribution >= 4 is 17.3 Å². The first-order valence-electron chi connectivity index (χ1n) is 5.69. The maximum Gasteiger partial charge on any atom is 0.272 e. The van der Waals surface area contributed by atoms with Gasteiger partial charge in [-0.25, -0.2) is 0 Å². The summed E-state index contributed by atoms with van der Waals surface area (Å²) in [5.41, 5.74) is 6.68. The first kappa shape index (κ1) is 12.3. The van der Waals surface area contributed by atoms with Gasteiger partial charge in [-0.15, -0.1) is 0 Å². The highest BCUT2D eigenvalue weighted by Crippen LogP contribution is 2.44. The van der Waals surface area contributed by atoms with E-state index in [9.17, 15) is 10.1 Å². The number of hydrogen-bond donors (Lipinski definition) is 1. The number of halogens is 1. The Labute approximate surface area is 105 Å². The van der Waals surface area contributed by atoms with Crippen LogP contribution in [-0.2, 0) is 6.42 Å². The highest BCUT2D eigenvalue weighted by molar-refractivity contribution is 6.30. The first-order valence-corrected chi connectivity index (χ1v) is 6.07. The predicted octanol–water partition coefficient (Wildman–Crippen LogP) is 2.92. The molecule has 0 spiro atoms. The van der Waals surface area contributed by atoms with Gasteiger partial charge in [0, 0.05) is 16.7 Å². The lowest BCUT2D eigenvalue weighted by molar-refractivity contribution is -0.385. The van der Waals surface area contributed by atoms with Crippen LogP contribution in [-0.4, -0.2) is 11.5 Å². The van der Waals surface area contributed by atoms with Crippen molar-refractivity contribution in [2.45, 2.75) is 25.7 Å². The van der Waals surface area contributed by atoms with Crippen LogP contribution in [0.15, 0.2) is 18.2 Å². The topological polar surface area (TPSA) is 69.2 Å². The van der Waals surface area contributed by atoms with Crippen molar-refractivity contribution in [1.82, 2.24) is 0 Å². The van der Waals surface area contributed by atoms with Gasteiger partial charge in [-0.05, 0) is 43.4 Å². The number of nitro benzene ring substituents is 1. The maximum atomic E-state index is 10.9. The smallest absolute Gasteiger partial charge is 0.272 e. The standard InChI is InChI=1S/C12H15ClN2O2/c13-10-2-3-11(15(16)17)9(6-10)7-12(8-14)4-1-5-12/h2-3,6H,1,4-5,7-8,14H2. The van der Waals surface area contributed by atoms with E-state index < -0.39 is 0 Å². The van der Waals surface area contributed by atoms with E-state index in [0.717, 1.165) is 19.3 Å². The van der Waals surface area contributed by atoms with Gasteiger partial charge in [0.25, 0.3) is 5.69 Å². The van der Waals surface area contributed by atoms with Crippen LogP contribution in [0, 0.1) is 15.5 Å². The Kier molecular flexibility index (Phi) is 3.35. The lowest BCUT2D eigenvalue weighted by Crippen LogP contribution is -2.39. The predicted molar refractivity (Wildman–Crippen MR) is 67.1 cm³/mol. The molecule has 0 atom stereocenters. The number of nitrogens with two attached hydrogens (primary N) is 1. The van der Waals surface area contributed by atoms with Crippen LogP contribution in [0.3, 0.4) is 0 Å². The number of nitro groups is 1. The summed E-state index contributed by atoms with van der Waals surface area (Å²) in [5, 5.41) is 11.5. The Morgan fingerprint density at radius 3 is 2.65 bits per heavy atom. The molecule has 0 amide bonds. The molecule has 92 valence electrons. The minimum absolute atomic E-state index is 0.0510. The second-order valence-corrected chi connectivity index (χ2v) is 5.20. The molecule has 0 heterocycles. The van der Waals surface area contributed by atoms with Gasteiger partial charge in [-0.1, -0.05) is 18.0 Å². The molecule has 1 aliphatic carbocycles. The zero-order chi connectivity index (χ0) is 12.5. The molecule has 2 rings (SSSR count). The van der Waals surface area contributed by atoms with Crippen LogP contribution in [0.4, 0.5) is 5.69 Å². The largest absolute Gasteiger partial charge is 0.330 e. The average Bonchev–Trinajstić information content (AvgIpc) is 2.23. The van der Waals surface area contributed by atoms with E-state index in [1.807, 2.05) is 0 Å². The Morgan fingerprint density at radius 2 is 2.18 bits per heavy atom. The Balaban J connectivity index is 2.30. The van der Waals surface area contributed by atoms with E-state index in [0.29, 0.717) is 23.6 Å². The Bertz CT molecular complexity index is 439. The highest BCUT2D eigenvalue weighted by Gasteiger charge is 2.37. The fourth-order valence-corrected chi connectivity index (χ4v) is 2.60. The molecule has 1 aliphatic rings. The van der Waals surface area contributed by atoms with E-state index in [4.69, 9.17) is 17.3 Å². The number of benzene rings is 1. The molecular formula is C12H15ClN2O2. The van der Waals surface area contributed by atoms with E-state index in [1.54, 1.807) is 12.1 Å². The number of hydrogen-bond acceptors (Lipinski definition) is 3. The minimum atomic E-state index is -0.353. The zero-order valence-electron chi connectivity index (χ0n) is 9.49. The molecule has 0 aromatic heterocycles. The van der Waals surface area contributed by atoms with Crippen molar-refractivity contribution in [2.75, 3.05) is 6.54 Å². The summed E-state index contributed by atoms with van der Waals surface area (Å²) in [6.45, 7) is 0.580. The summed E-state index contributed by atoms with van der Waals surface area (Å²) in [5.74, 6) is 0. The van der Waals surface area contributed by atoms with Crippen LogP contribution < -0.4 is 5.73 Å². The summed E-state index contributed by atoms with van der Waals surface area (Å²) in [6, 6.07) is 4.72. The first-order chi connectivity index (χ1) is 8.06. The van der Waals surface area contributed by atoms with Gasteiger partial charge in [0.15, 0.2) is 0 Å². The second kappa shape index (κ2) is 4.63. The lowest BCUT2D eigenvalue weighted by atomic mass is 9.65. The van der Waals surface area contributed by atoms with Crippen molar-refractivity contribution in [3.8, 4) is 0 Å². The van der Waals surface area contributed by atoms with Crippen molar-refractivity contribution in [3.63, 3.8) is 0 Å². The monoisotopic (exact) mass is 254 g/mol. The van der Waals surface area contributed by atoms with Crippen LogP contribution in [0.1, 0.15) is 24.8 Å². The van der Waals surface area contributed by atoms with E-state index in [1.165, 1.54) is 6.07 Å². The van der Waals surface area contributed by atoms with Crippen molar-refractivity contribution in [2.24, 2.45) is 11.1 Å². The fourth-order valence-electron chi connectivity index (χ4n) is 2.41. The molecule has 1 saturated carbocycles. The van der Waals surface area contributed by atoms with Crippen molar-refractivity contribution in [3.05, 3.63) is 38.9 Å². The molecule has 5 heteroatoms. The van der Waals surface area contributed by atoms with Crippen LogP contribution in [0.5, 0.6) is 0 Å². The third-order valence-electron chi connectivity index (χ3n) is 3.65. The minimum Gasteiger partial charge on any atom is -0.330 e. The third-order valence-corrected chi connectivity index (χ3v) is 3.89. The maximum absolute atomic E-state index is 10.9. The number of nitrogens with zero attached hydrogens (tertiary/aromatic N) is 1. The molecule has 1 aromatic carbocycles. The van der Waals surface area contributed by atoms with Gasteiger partial charge in [0.05, 0.1) is 4.92 Å². The van der Waals surface area contributed by atoms with E-state index in [-0.39, 0.29) is 16.0 Å². The molecule has 0 radical (unpaired) electrons. The van der Waals surface area contributed by atoms with E-state index >= 15 is 0 Å². The molecule has 0 aliphatic heterocycles. The second-order valence-electron chi connectivity index (χ2n) is 4.76. The highest BCUT2D eigenvalue weighted by atomic mass is 35.5. The Hall–Kier alpha value is -1.13. The molecule has 0 bridgehead atoms. The van der Waals surface area contributed by atoms with Crippen molar-refractivity contribution < 1.29 is 4.92 Å². The average molecular weight is 255 g/mol. The molecule has 1 aromatic rings. The van der Waals surface area contributed by atoms with Crippen LogP contribution >= 0.6 is 11.6 Å². The molecule has 2 N–H and O–H groups in total. The zero-order valence-corrected chi connectivity index (χ0v) is 10.2. The van der Waals surface area contributed by atoms with Crippen LogP contribution in [0.25, 0.3) is 0 Å². The SMILES string of the molecule is NCC1(Cc2cc(Cl)ccc2[N+](=O)[O-])CCC1. The molecule has 0 saturated heterocycles. The molecule has 4 nitrogen and oxygen atoms in total. The summed E-state index contributed by atoms with van der Waals surface area (Å²) in [4.78, 5) is 10.6. The normalized spacial score (nSPS) is 17.5. The summed E-state index contributed by atoms with van der Waals surface area (Å²) in [7, 11) is 0. The third kappa shape index (κ3) is 2.42. The van der Waals surface area contributed by atoms with E-state index in [2.05, 4.69) is 0 Å². The van der Waals surface area contributed by atoms with Gasteiger partial charge in [0.1, 0.15) is 0 Å².